The van der Waals surface area contributed by atoms with Crippen molar-refractivity contribution in [1.29, 1.82) is 0 Å². The number of aromatic carboxylic acids is 1. The molecule has 0 unspecified atom stereocenters. The Hall–Kier alpha value is -1.58. The van der Waals surface area contributed by atoms with Crippen LogP contribution in [0.15, 0.2) is 17.0 Å². The number of hydrogen-bond acceptors (Lipinski definition) is 4. The van der Waals surface area contributed by atoms with Crippen molar-refractivity contribution in [3.63, 3.8) is 0 Å². The molecule has 88 valence electrons. The summed E-state index contributed by atoms with van der Waals surface area (Å²) in [6, 6.07) is 1.10. The van der Waals surface area contributed by atoms with Crippen molar-refractivity contribution in [2.75, 3.05) is 0 Å². The lowest BCUT2D eigenvalue weighted by Gasteiger charge is -2.06. The predicted octanol–water partition coefficient (Wildman–Crippen LogP) is -0.185. The van der Waals surface area contributed by atoms with E-state index in [2.05, 4.69) is 5.84 Å². The van der Waals surface area contributed by atoms with E-state index in [1.807, 2.05) is 0 Å². The summed E-state index contributed by atoms with van der Waals surface area (Å²) < 4.78 is 48.5. The summed E-state index contributed by atoms with van der Waals surface area (Å²) >= 11 is 0. The first-order valence-electron chi connectivity index (χ1n) is 3.75. The van der Waals surface area contributed by atoms with Crippen molar-refractivity contribution in [1.82, 2.24) is 4.83 Å². The Balaban J connectivity index is 3.59. The minimum atomic E-state index is -4.38. The molecule has 0 radical (unpaired) electrons. The molecule has 9 heteroatoms. The molecule has 0 aliphatic carbocycles. The van der Waals surface area contributed by atoms with Gasteiger partial charge in [-0.15, -0.1) is 4.83 Å². The van der Waals surface area contributed by atoms with Gasteiger partial charge < -0.3 is 5.11 Å². The first-order valence-corrected chi connectivity index (χ1v) is 5.23. The molecule has 16 heavy (non-hydrogen) atoms. The van der Waals surface area contributed by atoms with Crippen LogP contribution in [0.1, 0.15) is 10.4 Å². The minimum Gasteiger partial charge on any atom is -0.477 e. The largest absolute Gasteiger partial charge is 0.477 e. The first kappa shape index (κ1) is 12.5. The van der Waals surface area contributed by atoms with Crippen molar-refractivity contribution < 1.29 is 27.1 Å². The van der Waals surface area contributed by atoms with Gasteiger partial charge in [-0.25, -0.2) is 22.0 Å². The van der Waals surface area contributed by atoms with Crippen molar-refractivity contribution in [2.24, 2.45) is 5.84 Å². The summed E-state index contributed by atoms with van der Waals surface area (Å²) in [5.41, 5.74) is -1.35. The number of halogens is 2. The van der Waals surface area contributed by atoms with Crippen LogP contribution in [0, 0.1) is 11.6 Å². The molecule has 0 saturated heterocycles. The van der Waals surface area contributed by atoms with Crippen molar-refractivity contribution in [3.05, 3.63) is 29.3 Å². The van der Waals surface area contributed by atoms with Crippen LogP contribution in [0.3, 0.4) is 0 Å². The molecule has 0 amide bonds. The lowest BCUT2D eigenvalue weighted by molar-refractivity contribution is 0.0685. The van der Waals surface area contributed by atoms with Crippen LogP contribution >= 0.6 is 0 Å². The van der Waals surface area contributed by atoms with E-state index in [1.165, 1.54) is 4.83 Å². The highest BCUT2D eigenvalue weighted by Crippen LogP contribution is 2.20. The highest BCUT2D eigenvalue weighted by atomic mass is 32.2. The van der Waals surface area contributed by atoms with Gasteiger partial charge in [0.25, 0.3) is 10.0 Å². The van der Waals surface area contributed by atoms with E-state index in [9.17, 15) is 22.0 Å². The molecule has 0 aliphatic heterocycles. The second-order valence-corrected chi connectivity index (χ2v) is 4.34. The smallest absolute Gasteiger partial charge is 0.341 e. The highest BCUT2D eigenvalue weighted by Gasteiger charge is 2.26. The third kappa shape index (κ3) is 2.01. The third-order valence-corrected chi connectivity index (χ3v) is 2.92. The van der Waals surface area contributed by atoms with E-state index in [1.54, 1.807) is 0 Å². The van der Waals surface area contributed by atoms with Crippen LogP contribution in [0.25, 0.3) is 0 Å². The van der Waals surface area contributed by atoms with Crippen LogP contribution in [0.2, 0.25) is 0 Å². The van der Waals surface area contributed by atoms with Gasteiger partial charge in [0.2, 0.25) is 0 Å². The average molecular weight is 252 g/mol. The Morgan fingerprint density at radius 1 is 1.38 bits per heavy atom. The second-order valence-electron chi connectivity index (χ2n) is 2.66. The highest BCUT2D eigenvalue weighted by molar-refractivity contribution is 7.89. The molecule has 0 saturated carbocycles. The minimum absolute atomic E-state index is 0.525. The number of hydrogen-bond donors (Lipinski definition) is 3. The number of carboxylic acids is 1. The Bertz CT molecular complexity index is 544. The standard InChI is InChI=1S/C7H6F2N2O4S/c8-3-1-2-4(16(14,15)11-10)6(9)5(3)7(12)13/h1-2,11H,10H2,(H,12,13). The summed E-state index contributed by atoms with van der Waals surface area (Å²) in [6.07, 6.45) is 0. The fourth-order valence-electron chi connectivity index (χ4n) is 1.00. The average Bonchev–Trinajstić information content (AvgIpc) is 2.16. The van der Waals surface area contributed by atoms with Gasteiger partial charge in [0.05, 0.1) is 0 Å². The van der Waals surface area contributed by atoms with Gasteiger partial charge in [0.1, 0.15) is 16.3 Å². The Kier molecular flexibility index (Phi) is 3.21. The number of rotatable bonds is 3. The molecular weight excluding hydrogens is 246 g/mol. The number of nitrogens with one attached hydrogen (secondary N) is 1. The van der Waals surface area contributed by atoms with Crippen LogP contribution in [-0.2, 0) is 10.0 Å². The summed E-state index contributed by atoms with van der Waals surface area (Å²) in [5, 5.41) is 8.48. The predicted molar refractivity (Wildman–Crippen MR) is 47.8 cm³/mol. The lowest BCUT2D eigenvalue weighted by Crippen LogP contribution is -2.31. The molecule has 0 fully saturated rings. The molecule has 0 aliphatic rings. The van der Waals surface area contributed by atoms with Gasteiger partial charge in [-0.2, -0.15) is 0 Å². The molecule has 0 bridgehead atoms. The van der Waals surface area contributed by atoms with Gasteiger partial charge >= 0.3 is 5.97 Å². The molecule has 1 aromatic carbocycles. The molecule has 0 aromatic heterocycles. The molecule has 0 spiro atoms. The van der Waals surface area contributed by atoms with Crippen molar-refractivity contribution >= 4 is 16.0 Å². The number of carbonyl (C=O) groups is 1. The quantitative estimate of drug-likeness (QED) is 0.510. The Morgan fingerprint density at radius 3 is 2.38 bits per heavy atom. The zero-order valence-corrected chi connectivity index (χ0v) is 8.38. The molecule has 0 atom stereocenters. The van der Waals surface area contributed by atoms with Crippen LogP contribution in [0.5, 0.6) is 0 Å². The molecule has 1 aromatic rings. The van der Waals surface area contributed by atoms with E-state index in [0.29, 0.717) is 12.1 Å². The van der Waals surface area contributed by atoms with Gasteiger partial charge in [0, 0.05) is 0 Å². The van der Waals surface area contributed by atoms with E-state index < -0.39 is 38.1 Å². The summed E-state index contributed by atoms with van der Waals surface area (Å²) in [5.74, 6) is -0.365. The van der Waals surface area contributed by atoms with Crippen molar-refractivity contribution in [3.8, 4) is 0 Å². The summed E-state index contributed by atoms with van der Waals surface area (Å²) in [7, 11) is -4.38. The summed E-state index contributed by atoms with van der Waals surface area (Å²) in [4.78, 5) is 10.8. The number of nitrogens with two attached hydrogens (primary N) is 1. The third-order valence-electron chi connectivity index (χ3n) is 1.71. The maximum atomic E-state index is 13.4. The van der Waals surface area contributed by atoms with Gasteiger partial charge in [-0.3, -0.25) is 5.84 Å². The molecule has 6 nitrogen and oxygen atoms in total. The topological polar surface area (TPSA) is 109 Å². The molecular formula is C7H6F2N2O4S. The van der Waals surface area contributed by atoms with E-state index in [4.69, 9.17) is 5.11 Å². The van der Waals surface area contributed by atoms with Crippen LogP contribution in [0.4, 0.5) is 8.78 Å². The fraction of sp³-hybridized carbons (Fsp3) is 0. The van der Waals surface area contributed by atoms with E-state index in [-0.39, 0.29) is 0 Å². The zero-order chi connectivity index (χ0) is 12.5. The van der Waals surface area contributed by atoms with Crippen LogP contribution < -0.4 is 10.7 Å². The number of hydrazine groups is 1. The Labute approximate surface area is 88.7 Å². The monoisotopic (exact) mass is 252 g/mol. The lowest BCUT2D eigenvalue weighted by atomic mass is 10.2. The van der Waals surface area contributed by atoms with E-state index >= 15 is 0 Å². The molecule has 0 heterocycles. The van der Waals surface area contributed by atoms with E-state index in [0.717, 1.165) is 0 Å². The first-order chi connectivity index (χ1) is 7.31. The van der Waals surface area contributed by atoms with Gasteiger partial charge in [-0.1, -0.05) is 0 Å². The SMILES string of the molecule is NNS(=O)(=O)c1ccc(F)c(C(=O)O)c1F. The van der Waals surface area contributed by atoms with Crippen LogP contribution in [-0.4, -0.2) is 19.5 Å². The summed E-state index contributed by atoms with van der Waals surface area (Å²) in [6.45, 7) is 0. The molecule has 4 N–H and O–H groups in total. The number of benzene rings is 1. The fourth-order valence-corrected chi connectivity index (χ4v) is 1.71. The Morgan fingerprint density at radius 2 is 1.94 bits per heavy atom. The number of carboxylic acid groups (broad SMARTS) is 1. The maximum Gasteiger partial charge on any atom is 0.341 e. The van der Waals surface area contributed by atoms with Gasteiger partial charge in [0.15, 0.2) is 5.82 Å². The molecule has 1 rings (SSSR count). The maximum absolute atomic E-state index is 13.4. The zero-order valence-electron chi connectivity index (χ0n) is 7.57. The number of sulfonamides is 1. The normalized spacial score (nSPS) is 11.4. The van der Waals surface area contributed by atoms with Gasteiger partial charge in [-0.05, 0) is 12.1 Å². The van der Waals surface area contributed by atoms with Crippen molar-refractivity contribution in [2.45, 2.75) is 4.90 Å². The second kappa shape index (κ2) is 4.12.